The molecule has 8 nitrogen and oxygen atoms in total. The topological polar surface area (TPSA) is 98.9 Å². The van der Waals surface area contributed by atoms with Gasteiger partial charge < -0.3 is 29.2 Å². The van der Waals surface area contributed by atoms with E-state index in [1.54, 1.807) is 63.8 Å². The van der Waals surface area contributed by atoms with Crippen LogP contribution in [0, 0.1) is 0 Å². The van der Waals surface area contributed by atoms with E-state index < -0.39 is 11.9 Å². The Kier molecular flexibility index (Phi) is 6.26. The van der Waals surface area contributed by atoms with Crippen LogP contribution in [0.5, 0.6) is 17.2 Å². The largest absolute Gasteiger partial charge is 0.497 e. The second-order valence-electron chi connectivity index (χ2n) is 6.22. The molecule has 0 aliphatic heterocycles. The van der Waals surface area contributed by atoms with Gasteiger partial charge in [0.2, 0.25) is 5.91 Å². The minimum absolute atomic E-state index is 0.147. The molecule has 0 spiro atoms. The van der Waals surface area contributed by atoms with Crippen molar-refractivity contribution in [2.75, 3.05) is 33.8 Å². The van der Waals surface area contributed by atoms with Gasteiger partial charge in [0.05, 0.1) is 39.6 Å². The lowest BCUT2D eigenvalue weighted by Crippen LogP contribution is -2.12. The van der Waals surface area contributed by atoms with Crippen molar-refractivity contribution in [3.8, 4) is 17.2 Å². The number of esters is 1. The molecule has 1 amide bonds. The smallest absolute Gasteiger partial charge is 0.356 e. The second kappa shape index (κ2) is 9.04. The highest BCUT2D eigenvalue weighted by molar-refractivity contribution is 6.13. The summed E-state index contributed by atoms with van der Waals surface area (Å²) in [5.74, 6) is 0.761. The van der Waals surface area contributed by atoms with E-state index in [1.807, 2.05) is 0 Å². The van der Waals surface area contributed by atoms with Gasteiger partial charge in [0.1, 0.15) is 11.4 Å². The Morgan fingerprint density at radius 2 is 1.70 bits per heavy atom. The quantitative estimate of drug-likeness (QED) is 0.456. The number of H-pyrrole nitrogens is 1. The monoisotopic (exact) mass is 410 g/mol. The number of hydrogen-bond donors (Lipinski definition) is 2. The summed E-state index contributed by atoms with van der Waals surface area (Å²) in [6.45, 7) is 0. The summed E-state index contributed by atoms with van der Waals surface area (Å²) < 4.78 is 20.5. The number of benzene rings is 2. The van der Waals surface area contributed by atoms with Crippen molar-refractivity contribution < 1.29 is 28.5 Å². The fraction of sp³-hybridized carbons (Fsp3) is 0.182. The molecular weight excluding hydrogens is 388 g/mol. The normalized spacial score (nSPS) is 10.8. The van der Waals surface area contributed by atoms with Crippen molar-refractivity contribution in [1.29, 1.82) is 0 Å². The van der Waals surface area contributed by atoms with E-state index in [1.165, 1.54) is 13.2 Å². The van der Waals surface area contributed by atoms with Crippen LogP contribution >= 0.6 is 0 Å². The number of hydrogen-bond acceptors (Lipinski definition) is 6. The molecule has 0 saturated carbocycles. The van der Waals surface area contributed by atoms with Crippen LogP contribution in [0.15, 0.2) is 42.5 Å². The van der Waals surface area contributed by atoms with Gasteiger partial charge in [0.25, 0.3) is 0 Å². The number of aromatic nitrogens is 1. The lowest BCUT2D eigenvalue weighted by molar-refractivity contribution is -0.111. The molecule has 1 heterocycles. The molecule has 0 unspecified atom stereocenters. The maximum absolute atomic E-state index is 12.5. The van der Waals surface area contributed by atoms with Crippen molar-refractivity contribution >= 4 is 34.5 Å². The van der Waals surface area contributed by atoms with Gasteiger partial charge in [-0.05, 0) is 35.9 Å². The minimum Gasteiger partial charge on any atom is -0.497 e. The van der Waals surface area contributed by atoms with Crippen LogP contribution in [0.1, 0.15) is 16.1 Å². The van der Waals surface area contributed by atoms with Crippen molar-refractivity contribution in [2.45, 2.75) is 0 Å². The Morgan fingerprint density at radius 3 is 2.37 bits per heavy atom. The maximum atomic E-state index is 12.5. The van der Waals surface area contributed by atoms with Gasteiger partial charge >= 0.3 is 5.97 Å². The number of amides is 1. The van der Waals surface area contributed by atoms with Gasteiger partial charge in [-0.3, -0.25) is 4.79 Å². The Bertz CT molecular complexity index is 1120. The lowest BCUT2D eigenvalue weighted by atomic mass is 10.1. The Hall–Kier alpha value is -3.94. The van der Waals surface area contributed by atoms with Crippen molar-refractivity contribution in [1.82, 2.24) is 4.98 Å². The van der Waals surface area contributed by atoms with Crippen LogP contribution in [0.2, 0.25) is 0 Å². The van der Waals surface area contributed by atoms with E-state index in [4.69, 9.17) is 18.9 Å². The number of ether oxygens (including phenoxy) is 4. The molecule has 0 aliphatic carbocycles. The van der Waals surface area contributed by atoms with E-state index in [9.17, 15) is 9.59 Å². The van der Waals surface area contributed by atoms with Gasteiger partial charge in [-0.2, -0.15) is 0 Å². The third kappa shape index (κ3) is 4.22. The van der Waals surface area contributed by atoms with Gasteiger partial charge in [-0.15, -0.1) is 0 Å². The summed E-state index contributed by atoms with van der Waals surface area (Å²) in [6, 6.07) is 10.5. The molecule has 3 rings (SSSR count). The SMILES string of the molecule is COC(=O)c1[nH]c2cc(OC)ccc2c1NC(=O)C=Cc1ccc(OC)c(OC)c1. The molecule has 2 aromatic carbocycles. The molecule has 0 radical (unpaired) electrons. The number of aromatic amines is 1. The number of anilines is 1. The van der Waals surface area contributed by atoms with Crippen LogP contribution in [0.25, 0.3) is 17.0 Å². The first-order valence-electron chi connectivity index (χ1n) is 8.99. The summed E-state index contributed by atoms with van der Waals surface area (Å²) in [5, 5.41) is 3.41. The molecule has 3 aromatic rings. The average molecular weight is 410 g/mol. The Morgan fingerprint density at radius 1 is 0.933 bits per heavy atom. The minimum atomic E-state index is -0.593. The fourth-order valence-corrected chi connectivity index (χ4v) is 2.98. The number of fused-ring (bicyclic) bond motifs is 1. The van der Waals surface area contributed by atoms with E-state index in [2.05, 4.69) is 10.3 Å². The van der Waals surface area contributed by atoms with Gasteiger partial charge in [-0.25, -0.2) is 4.79 Å². The van der Waals surface area contributed by atoms with Gasteiger partial charge in [-0.1, -0.05) is 6.07 Å². The zero-order valence-electron chi connectivity index (χ0n) is 17.1. The van der Waals surface area contributed by atoms with Crippen LogP contribution in [-0.2, 0) is 9.53 Å². The molecule has 0 aliphatic rings. The average Bonchev–Trinajstić information content (AvgIpc) is 3.14. The molecule has 0 fully saturated rings. The first-order chi connectivity index (χ1) is 14.5. The van der Waals surface area contributed by atoms with Crippen LogP contribution in [0.4, 0.5) is 5.69 Å². The molecule has 30 heavy (non-hydrogen) atoms. The summed E-state index contributed by atoms with van der Waals surface area (Å²) >= 11 is 0. The lowest BCUT2D eigenvalue weighted by Gasteiger charge is -2.07. The fourth-order valence-electron chi connectivity index (χ4n) is 2.98. The zero-order chi connectivity index (χ0) is 21.7. The van der Waals surface area contributed by atoms with Crippen molar-refractivity contribution in [3.63, 3.8) is 0 Å². The van der Waals surface area contributed by atoms with Gasteiger partial charge in [0, 0.05) is 17.5 Å². The third-order valence-electron chi connectivity index (χ3n) is 4.48. The number of nitrogens with one attached hydrogen (secondary N) is 2. The standard InChI is InChI=1S/C22H22N2O6/c1-27-14-7-8-15-16(12-14)23-21(22(26)30-4)20(15)24-19(25)10-6-13-5-9-17(28-2)18(11-13)29-3/h5-12,23H,1-4H3,(H,24,25). The second-order valence-corrected chi connectivity index (χ2v) is 6.22. The predicted molar refractivity (Wildman–Crippen MR) is 113 cm³/mol. The molecule has 1 aromatic heterocycles. The molecule has 0 bridgehead atoms. The number of carbonyl (C=O) groups excluding carboxylic acids is 2. The van der Waals surface area contributed by atoms with Gasteiger partial charge in [0.15, 0.2) is 11.5 Å². The first kappa shape index (κ1) is 20.8. The first-order valence-corrected chi connectivity index (χ1v) is 8.99. The van der Waals surface area contributed by atoms with E-state index in [0.717, 1.165) is 5.56 Å². The maximum Gasteiger partial charge on any atom is 0.356 e. The van der Waals surface area contributed by atoms with Crippen LogP contribution < -0.4 is 19.5 Å². The Balaban J connectivity index is 1.88. The molecular formula is C22H22N2O6. The molecule has 0 saturated heterocycles. The van der Waals surface area contributed by atoms with E-state index in [-0.39, 0.29) is 5.69 Å². The molecule has 0 atom stereocenters. The highest BCUT2D eigenvalue weighted by Gasteiger charge is 2.20. The van der Waals surface area contributed by atoms with E-state index >= 15 is 0 Å². The van der Waals surface area contributed by atoms with Crippen molar-refractivity contribution in [3.05, 3.63) is 53.7 Å². The highest BCUT2D eigenvalue weighted by Crippen LogP contribution is 2.31. The number of methoxy groups -OCH3 is 4. The third-order valence-corrected chi connectivity index (χ3v) is 4.48. The van der Waals surface area contributed by atoms with Crippen LogP contribution in [-0.4, -0.2) is 45.3 Å². The Labute approximate surface area is 173 Å². The summed E-state index contributed by atoms with van der Waals surface area (Å²) in [5.41, 5.74) is 1.86. The number of carbonyl (C=O) groups is 2. The molecule has 156 valence electrons. The number of rotatable bonds is 7. The molecule has 8 heteroatoms. The van der Waals surface area contributed by atoms with E-state index in [0.29, 0.717) is 33.8 Å². The summed E-state index contributed by atoms with van der Waals surface area (Å²) in [4.78, 5) is 27.7. The highest BCUT2D eigenvalue weighted by atomic mass is 16.5. The predicted octanol–water partition coefficient (Wildman–Crippen LogP) is 3.63. The summed E-state index contributed by atoms with van der Waals surface area (Å²) in [7, 11) is 5.92. The van der Waals surface area contributed by atoms with Crippen molar-refractivity contribution in [2.24, 2.45) is 0 Å². The summed E-state index contributed by atoms with van der Waals surface area (Å²) in [6.07, 6.45) is 3.00. The zero-order valence-corrected chi connectivity index (χ0v) is 17.1. The van der Waals surface area contributed by atoms with Crippen LogP contribution in [0.3, 0.4) is 0 Å². The molecule has 2 N–H and O–H groups in total.